The first-order valence-electron chi connectivity index (χ1n) is 23.6. The number of ether oxygens (including phenoxy) is 4. The molecule has 0 bridgehead atoms. The van der Waals surface area contributed by atoms with E-state index in [2.05, 4.69) is 52.0 Å². The average Bonchev–Trinajstić information content (AvgIpc) is 3.29. The Labute approximate surface area is 408 Å². The summed E-state index contributed by atoms with van der Waals surface area (Å²) in [7, 11) is -3.78. The highest BCUT2D eigenvalue weighted by atomic mass is 31.2. The van der Waals surface area contributed by atoms with Gasteiger partial charge < -0.3 is 41.6 Å². The van der Waals surface area contributed by atoms with Crippen molar-refractivity contribution in [2.45, 2.75) is 140 Å². The second kappa shape index (κ2) is 25.6. The Balaban J connectivity index is 1.46. The molecule has 0 unspecified atom stereocenters. The van der Waals surface area contributed by atoms with E-state index in [4.69, 9.17) is 41.6 Å². The summed E-state index contributed by atoms with van der Waals surface area (Å²) in [5.41, 5.74) is 10.9. The van der Waals surface area contributed by atoms with Gasteiger partial charge in [0.2, 0.25) is 0 Å². The normalized spacial score (nSPS) is 11.7. The van der Waals surface area contributed by atoms with Gasteiger partial charge in [0, 0.05) is 27.8 Å². The largest absolute Gasteiger partial charge is 0.530 e. The van der Waals surface area contributed by atoms with Crippen molar-refractivity contribution in [1.29, 1.82) is 0 Å². The van der Waals surface area contributed by atoms with Crippen LogP contribution in [0.5, 0.6) is 28.7 Å². The molecule has 6 aromatic carbocycles. The van der Waals surface area contributed by atoms with Gasteiger partial charge in [0.1, 0.15) is 28.7 Å². The topological polar surface area (TPSA) is 83.1 Å². The number of aryl methyl sites for hydroxylation is 4. The van der Waals surface area contributed by atoms with Crippen molar-refractivity contribution in [3.63, 3.8) is 0 Å². The molecule has 6 aromatic rings. The van der Waals surface area contributed by atoms with Crippen molar-refractivity contribution in [2.24, 2.45) is 0 Å². The van der Waals surface area contributed by atoms with E-state index in [0.29, 0.717) is 49.8 Å². The van der Waals surface area contributed by atoms with Gasteiger partial charge in [-0.15, -0.1) is 0 Å². The molecule has 9 nitrogen and oxygen atoms in total. The third-order valence-electron chi connectivity index (χ3n) is 10.7. The fourth-order valence-corrected chi connectivity index (χ4v) is 10.1. The van der Waals surface area contributed by atoms with Crippen LogP contribution in [0.1, 0.15) is 105 Å². The van der Waals surface area contributed by atoms with Crippen LogP contribution in [0.3, 0.4) is 0 Å². The van der Waals surface area contributed by atoms with Crippen molar-refractivity contribution < 1.29 is 41.6 Å². The molecule has 362 valence electrons. The van der Waals surface area contributed by atoms with E-state index in [1.54, 1.807) is 0 Å². The van der Waals surface area contributed by atoms with Crippen LogP contribution < -0.4 is 22.6 Å². The molecule has 0 saturated carbocycles. The average molecular weight is 961 g/mol. The molecule has 0 fully saturated rings. The second-order valence-corrected chi connectivity index (χ2v) is 20.4. The standard InChI is InChI=1S/C57H70O9P2/c1-38(2)58-33-46-21-13-17-25-53(46)62-67(63-54-26-18-14-22-47(54)34-59-39(3)4)37-52-44(11)29-42(9)31-50(52)51-32-43(10)30-45(12)57(51)66-68(64-55-27-19-15-23-48(55)35-60-40(5)6)65-56-28-20-16-24-49(56)36-61-41(7)8/h13-32,38-41H,33-37H2,1-12H3. The van der Waals surface area contributed by atoms with Gasteiger partial charge >= 0.3 is 8.60 Å². The highest BCUT2D eigenvalue weighted by molar-refractivity contribution is 7.47. The molecule has 0 amide bonds. The fraction of sp³-hybridized carbons (Fsp3) is 0.368. The lowest BCUT2D eigenvalue weighted by Crippen LogP contribution is -2.09. The van der Waals surface area contributed by atoms with E-state index in [1.165, 1.54) is 0 Å². The van der Waals surface area contributed by atoms with E-state index in [-0.39, 0.29) is 24.4 Å². The number of benzene rings is 6. The summed E-state index contributed by atoms with van der Waals surface area (Å²) in [6.45, 7) is 26.2. The summed E-state index contributed by atoms with van der Waals surface area (Å²) < 4.78 is 59.3. The molecule has 0 saturated heterocycles. The third kappa shape index (κ3) is 15.5. The summed E-state index contributed by atoms with van der Waals surface area (Å²) in [5, 5.41) is 0. The Morgan fingerprint density at radius 2 is 0.721 bits per heavy atom. The Hall–Kier alpha value is -4.98. The molecule has 0 aliphatic rings. The van der Waals surface area contributed by atoms with Crippen LogP contribution >= 0.6 is 17.0 Å². The van der Waals surface area contributed by atoms with E-state index in [1.807, 2.05) is 152 Å². The molecule has 0 spiro atoms. The Morgan fingerprint density at radius 3 is 1.10 bits per heavy atom. The van der Waals surface area contributed by atoms with Crippen LogP contribution in [-0.4, -0.2) is 24.4 Å². The Morgan fingerprint density at radius 1 is 0.382 bits per heavy atom. The maximum Gasteiger partial charge on any atom is 0.530 e. The van der Waals surface area contributed by atoms with Gasteiger partial charge in [-0.05, 0) is 141 Å². The summed E-state index contributed by atoms with van der Waals surface area (Å²) in [5.74, 6) is 3.32. The summed E-state index contributed by atoms with van der Waals surface area (Å²) in [6, 6.07) is 40.6. The van der Waals surface area contributed by atoms with Gasteiger partial charge in [0.15, 0.2) is 0 Å². The van der Waals surface area contributed by atoms with Gasteiger partial charge in [-0.25, -0.2) is 0 Å². The Kier molecular flexibility index (Phi) is 19.7. The van der Waals surface area contributed by atoms with Crippen LogP contribution in [0, 0.1) is 27.7 Å². The smallest absolute Gasteiger partial charge is 0.438 e. The van der Waals surface area contributed by atoms with E-state index >= 15 is 0 Å². The second-order valence-electron chi connectivity index (χ2n) is 18.1. The monoisotopic (exact) mass is 960 g/mol. The highest BCUT2D eigenvalue weighted by Gasteiger charge is 2.29. The predicted octanol–water partition coefficient (Wildman–Crippen LogP) is 16.0. The molecular formula is C57H70O9P2. The van der Waals surface area contributed by atoms with Crippen molar-refractivity contribution in [3.8, 4) is 39.9 Å². The number of para-hydroxylation sites is 4. The molecule has 6 rings (SSSR count). The first-order valence-corrected chi connectivity index (χ1v) is 26.1. The minimum Gasteiger partial charge on any atom is -0.438 e. The van der Waals surface area contributed by atoms with Gasteiger partial charge in [-0.2, -0.15) is 0 Å². The first-order chi connectivity index (χ1) is 32.6. The molecule has 0 aliphatic carbocycles. The number of rotatable bonds is 25. The molecule has 0 N–H and O–H groups in total. The summed E-state index contributed by atoms with van der Waals surface area (Å²) >= 11 is 0. The number of hydrogen-bond donors (Lipinski definition) is 0. The van der Waals surface area contributed by atoms with Gasteiger partial charge in [-0.3, -0.25) is 0 Å². The molecule has 0 atom stereocenters. The highest BCUT2D eigenvalue weighted by Crippen LogP contribution is 2.52. The van der Waals surface area contributed by atoms with Crippen molar-refractivity contribution >= 4 is 17.0 Å². The van der Waals surface area contributed by atoms with Crippen molar-refractivity contribution in [3.05, 3.63) is 171 Å². The van der Waals surface area contributed by atoms with Gasteiger partial charge in [-0.1, -0.05) is 96.6 Å². The molecule has 0 heterocycles. The summed E-state index contributed by atoms with van der Waals surface area (Å²) in [4.78, 5) is 0. The van der Waals surface area contributed by atoms with Crippen LogP contribution in [0.15, 0.2) is 121 Å². The van der Waals surface area contributed by atoms with Gasteiger partial charge in [0.05, 0.1) is 57.0 Å². The Bertz CT molecular complexity index is 2250. The first kappa shape index (κ1) is 52.4. The molecule has 0 radical (unpaired) electrons. The molecule has 68 heavy (non-hydrogen) atoms. The zero-order valence-electron chi connectivity index (χ0n) is 42.0. The molecule has 11 heteroatoms. The maximum atomic E-state index is 7.16. The summed E-state index contributed by atoms with van der Waals surface area (Å²) in [6.07, 6.45) is 0.637. The van der Waals surface area contributed by atoms with Gasteiger partial charge in [0.25, 0.3) is 8.38 Å². The van der Waals surface area contributed by atoms with E-state index in [0.717, 1.165) is 72.7 Å². The minimum atomic E-state index is -2.12. The number of hydrogen-bond acceptors (Lipinski definition) is 9. The van der Waals surface area contributed by atoms with E-state index in [9.17, 15) is 0 Å². The van der Waals surface area contributed by atoms with Crippen LogP contribution in [0.2, 0.25) is 0 Å². The molecule has 0 aromatic heterocycles. The van der Waals surface area contributed by atoms with Crippen LogP contribution in [0.25, 0.3) is 11.1 Å². The van der Waals surface area contributed by atoms with E-state index < -0.39 is 17.0 Å². The van der Waals surface area contributed by atoms with Crippen molar-refractivity contribution in [1.82, 2.24) is 0 Å². The molecular weight excluding hydrogens is 891 g/mol. The lowest BCUT2D eigenvalue weighted by Gasteiger charge is -2.26. The predicted molar refractivity (Wildman–Crippen MR) is 277 cm³/mol. The quantitative estimate of drug-likeness (QED) is 0.0521. The van der Waals surface area contributed by atoms with Crippen LogP contribution in [0.4, 0.5) is 0 Å². The van der Waals surface area contributed by atoms with Crippen molar-refractivity contribution in [2.75, 3.05) is 0 Å². The minimum absolute atomic E-state index is 0.0359. The zero-order valence-corrected chi connectivity index (χ0v) is 43.7. The zero-order chi connectivity index (χ0) is 48.7. The third-order valence-corrected chi connectivity index (χ3v) is 13.1. The lowest BCUT2D eigenvalue weighted by atomic mass is 9.92. The maximum absolute atomic E-state index is 7.16. The SMILES string of the molecule is Cc1cc(C)c(CP(Oc2ccccc2COC(C)C)Oc2ccccc2COC(C)C)c(-c2cc(C)cc(C)c2OP(Oc2ccccc2COC(C)C)Oc2ccccc2COC(C)C)c1. The van der Waals surface area contributed by atoms with Crippen LogP contribution in [-0.2, 0) is 51.5 Å². The molecule has 0 aliphatic heterocycles. The fourth-order valence-electron chi connectivity index (χ4n) is 7.32. The lowest BCUT2D eigenvalue weighted by molar-refractivity contribution is 0.0644.